The third kappa shape index (κ3) is 12.1. The van der Waals surface area contributed by atoms with Crippen molar-refractivity contribution >= 4 is 39.8 Å². The summed E-state index contributed by atoms with van der Waals surface area (Å²) < 4.78 is 5.14. The first kappa shape index (κ1) is 18.3. The van der Waals surface area contributed by atoms with E-state index in [0.717, 1.165) is 23.5 Å². The molecule has 0 atom stereocenters. The maximum absolute atomic E-state index is 11.6. The highest BCUT2D eigenvalue weighted by Gasteiger charge is 2.20. The first-order valence-electron chi connectivity index (χ1n) is 5.86. The SMILES string of the molecule is CC(=O)SCC(CSC(C)=O)NC(=O)OC(C)(C)C. The molecule has 0 spiro atoms. The number of nitrogens with one attached hydrogen (secondary N) is 1. The Kier molecular flexibility index (Phi) is 8.17. The number of thioether (sulfide) groups is 2. The summed E-state index contributed by atoms with van der Waals surface area (Å²) in [6, 6.07) is -0.280. The highest BCUT2D eigenvalue weighted by Crippen LogP contribution is 2.12. The molecule has 0 fully saturated rings. The van der Waals surface area contributed by atoms with Crippen molar-refractivity contribution in [3.8, 4) is 0 Å². The predicted octanol–water partition coefficient (Wildman–Crippen LogP) is 2.44. The number of alkyl carbamates (subject to hydrolysis) is 1. The van der Waals surface area contributed by atoms with Gasteiger partial charge in [0.15, 0.2) is 10.2 Å². The first-order chi connectivity index (χ1) is 8.60. The van der Waals surface area contributed by atoms with E-state index in [1.807, 2.05) is 0 Å². The summed E-state index contributed by atoms with van der Waals surface area (Å²) in [4.78, 5) is 33.5. The summed E-state index contributed by atoms with van der Waals surface area (Å²) in [5.74, 6) is 0.851. The lowest BCUT2D eigenvalue weighted by Crippen LogP contribution is -2.42. The lowest BCUT2D eigenvalue weighted by atomic mass is 10.2. The summed E-state index contributed by atoms with van der Waals surface area (Å²) >= 11 is 2.23. The zero-order valence-corrected chi connectivity index (χ0v) is 13.6. The fourth-order valence-electron chi connectivity index (χ4n) is 1.04. The van der Waals surface area contributed by atoms with Gasteiger partial charge in [0.1, 0.15) is 5.60 Å². The Bertz CT molecular complexity index is 321. The Morgan fingerprint density at radius 2 is 1.47 bits per heavy atom. The molecule has 0 aliphatic rings. The van der Waals surface area contributed by atoms with Crippen LogP contribution in [0.2, 0.25) is 0 Å². The molecule has 0 aromatic heterocycles. The highest BCUT2D eigenvalue weighted by atomic mass is 32.2. The van der Waals surface area contributed by atoms with Crippen LogP contribution < -0.4 is 5.32 Å². The van der Waals surface area contributed by atoms with E-state index in [2.05, 4.69) is 5.32 Å². The summed E-state index contributed by atoms with van der Waals surface area (Å²) in [5.41, 5.74) is -0.573. The number of carbonyl (C=O) groups is 3. The van der Waals surface area contributed by atoms with E-state index in [0.29, 0.717) is 11.5 Å². The maximum atomic E-state index is 11.6. The average Bonchev–Trinajstić information content (AvgIpc) is 2.18. The smallest absolute Gasteiger partial charge is 0.407 e. The van der Waals surface area contributed by atoms with Gasteiger partial charge in [0.2, 0.25) is 0 Å². The minimum Gasteiger partial charge on any atom is -0.444 e. The first-order valence-corrected chi connectivity index (χ1v) is 7.83. The topological polar surface area (TPSA) is 72.5 Å². The molecule has 0 aliphatic carbocycles. The molecule has 0 saturated heterocycles. The summed E-state index contributed by atoms with van der Waals surface area (Å²) in [6.45, 7) is 8.25. The molecule has 0 aliphatic heterocycles. The molecule has 0 unspecified atom stereocenters. The van der Waals surface area contributed by atoms with Gasteiger partial charge in [-0.25, -0.2) is 4.79 Å². The van der Waals surface area contributed by atoms with Crippen LogP contribution in [-0.4, -0.2) is 39.5 Å². The zero-order valence-electron chi connectivity index (χ0n) is 11.9. The quantitative estimate of drug-likeness (QED) is 0.841. The van der Waals surface area contributed by atoms with Crippen molar-refractivity contribution in [1.29, 1.82) is 0 Å². The molecule has 0 heterocycles. The van der Waals surface area contributed by atoms with E-state index in [1.54, 1.807) is 20.8 Å². The Morgan fingerprint density at radius 3 is 1.79 bits per heavy atom. The molecular weight excluding hydrogens is 286 g/mol. The minimum atomic E-state index is -0.573. The third-order valence-corrected chi connectivity index (χ3v) is 3.65. The van der Waals surface area contributed by atoms with Gasteiger partial charge >= 0.3 is 6.09 Å². The van der Waals surface area contributed by atoms with Gasteiger partial charge in [0.25, 0.3) is 0 Å². The molecular formula is C12H21NO4S2. The van der Waals surface area contributed by atoms with Crippen LogP contribution in [0.4, 0.5) is 4.79 Å². The molecule has 0 radical (unpaired) electrons. The molecule has 0 saturated carbocycles. The van der Waals surface area contributed by atoms with Gasteiger partial charge in [-0.2, -0.15) is 0 Å². The molecule has 1 amide bonds. The van der Waals surface area contributed by atoms with E-state index in [9.17, 15) is 14.4 Å². The largest absolute Gasteiger partial charge is 0.444 e. The second-order valence-corrected chi connectivity index (χ2v) is 7.34. The van der Waals surface area contributed by atoms with Crippen LogP contribution in [0.15, 0.2) is 0 Å². The van der Waals surface area contributed by atoms with Gasteiger partial charge < -0.3 is 10.1 Å². The number of ether oxygens (including phenoxy) is 1. The zero-order chi connectivity index (χ0) is 15.1. The summed E-state index contributed by atoms with van der Waals surface area (Å²) in [5, 5.41) is 2.63. The standard InChI is InChI=1S/C12H21NO4S2/c1-8(14)18-6-10(7-19-9(2)15)13-11(16)17-12(3,4)5/h10H,6-7H2,1-5H3,(H,13,16). The number of hydrogen-bond acceptors (Lipinski definition) is 6. The Balaban J connectivity index is 4.34. The minimum absolute atomic E-state index is 0.0242. The molecule has 7 heteroatoms. The number of rotatable bonds is 5. The Hall–Kier alpha value is -0.690. The lowest BCUT2D eigenvalue weighted by molar-refractivity contribution is -0.109. The van der Waals surface area contributed by atoms with Gasteiger partial charge in [-0.05, 0) is 20.8 Å². The van der Waals surface area contributed by atoms with Crippen molar-refractivity contribution in [2.75, 3.05) is 11.5 Å². The van der Waals surface area contributed by atoms with Crippen LogP contribution in [0.5, 0.6) is 0 Å². The summed E-state index contributed by atoms with van der Waals surface area (Å²) in [6.07, 6.45) is -0.536. The monoisotopic (exact) mass is 307 g/mol. The second kappa shape index (κ2) is 8.47. The average molecular weight is 307 g/mol. The fourth-order valence-corrected chi connectivity index (χ4v) is 2.46. The van der Waals surface area contributed by atoms with Crippen LogP contribution >= 0.6 is 23.5 Å². The molecule has 0 bridgehead atoms. The number of carbonyl (C=O) groups excluding carboxylic acids is 3. The van der Waals surface area contributed by atoms with Crippen LogP contribution in [0, 0.1) is 0 Å². The van der Waals surface area contributed by atoms with Gasteiger partial charge in [-0.1, -0.05) is 23.5 Å². The van der Waals surface area contributed by atoms with Crippen LogP contribution in [0.25, 0.3) is 0 Å². The molecule has 0 aromatic rings. The van der Waals surface area contributed by atoms with E-state index >= 15 is 0 Å². The predicted molar refractivity (Wildman–Crippen MR) is 79.4 cm³/mol. The van der Waals surface area contributed by atoms with Crippen LogP contribution in [0.1, 0.15) is 34.6 Å². The third-order valence-electron chi connectivity index (χ3n) is 1.70. The van der Waals surface area contributed by atoms with Gasteiger partial charge in [-0.15, -0.1) is 0 Å². The highest BCUT2D eigenvalue weighted by molar-refractivity contribution is 8.14. The van der Waals surface area contributed by atoms with E-state index in [-0.39, 0.29) is 16.3 Å². The van der Waals surface area contributed by atoms with Crippen LogP contribution in [0.3, 0.4) is 0 Å². The van der Waals surface area contributed by atoms with Crippen LogP contribution in [-0.2, 0) is 14.3 Å². The van der Waals surface area contributed by atoms with Crippen molar-refractivity contribution < 1.29 is 19.1 Å². The molecule has 5 nitrogen and oxygen atoms in total. The molecule has 0 aromatic carbocycles. The van der Waals surface area contributed by atoms with Crippen molar-refractivity contribution in [2.24, 2.45) is 0 Å². The van der Waals surface area contributed by atoms with E-state index in [1.165, 1.54) is 13.8 Å². The maximum Gasteiger partial charge on any atom is 0.407 e. The Labute approximate surface area is 122 Å². The molecule has 1 N–H and O–H groups in total. The molecule has 110 valence electrons. The Morgan fingerprint density at radius 1 is 1.05 bits per heavy atom. The van der Waals surface area contributed by atoms with Crippen molar-refractivity contribution in [3.05, 3.63) is 0 Å². The van der Waals surface area contributed by atoms with Crippen molar-refractivity contribution in [2.45, 2.75) is 46.3 Å². The normalized spacial score (nSPS) is 11.3. The fraction of sp³-hybridized carbons (Fsp3) is 0.750. The number of hydrogen-bond donors (Lipinski definition) is 1. The van der Waals surface area contributed by atoms with Crippen molar-refractivity contribution in [3.63, 3.8) is 0 Å². The van der Waals surface area contributed by atoms with Gasteiger partial charge in [-0.3, -0.25) is 9.59 Å². The lowest BCUT2D eigenvalue weighted by Gasteiger charge is -2.23. The van der Waals surface area contributed by atoms with Gasteiger partial charge in [0.05, 0.1) is 6.04 Å². The summed E-state index contributed by atoms with van der Waals surface area (Å²) in [7, 11) is 0. The molecule has 19 heavy (non-hydrogen) atoms. The van der Waals surface area contributed by atoms with E-state index in [4.69, 9.17) is 4.74 Å². The molecule has 0 rings (SSSR count). The number of amides is 1. The van der Waals surface area contributed by atoms with E-state index < -0.39 is 11.7 Å². The van der Waals surface area contributed by atoms with Gasteiger partial charge in [0, 0.05) is 25.4 Å². The second-order valence-electron chi connectivity index (χ2n) is 4.95. The van der Waals surface area contributed by atoms with Crippen molar-refractivity contribution in [1.82, 2.24) is 5.32 Å².